The van der Waals surface area contributed by atoms with Crippen molar-refractivity contribution in [3.05, 3.63) is 77.7 Å². The zero-order chi connectivity index (χ0) is 25.8. The molecule has 1 saturated carbocycles. The van der Waals surface area contributed by atoms with Crippen molar-refractivity contribution in [1.82, 2.24) is 30.4 Å². The van der Waals surface area contributed by atoms with Gasteiger partial charge in [0.1, 0.15) is 29.9 Å². The monoisotopic (exact) mass is 506 g/mol. The number of carbonyl (C=O) groups excluding carboxylic acids is 2. The van der Waals surface area contributed by atoms with Crippen molar-refractivity contribution in [2.75, 3.05) is 0 Å². The van der Waals surface area contributed by atoms with E-state index in [9.17, 15) is 14.0 Å². The highest BCUT2D eigenvalue weighted by Gasteiger charge is 2.34. The zero-order valence-corrected chi connectivity index (χ0v) is 20.3. The van der Waals surface area contributed by atoms with E-state index < -0.39 is 17.8 Å². The standard InChI is InChI=1S/C26H27FN6O4/c1-17-8-13-22(37-17)25-29-31-33(30-25)16-23(34)32(15-21-7-4-14-36-21)24(18-9-11-19(27)12-10-18)26(35)28-20-5-2-3-6-20/h4,7-14,20,24H,2-3,5-6,15-16H2,1H3,(H,28,35)/t24-/m1/s1. The summed E-state index contributed by atoms with van der Waals surface area (Å²) in [5, 5.41) is 15.3. The number of aryl methyl sites for hydroxylation is 1. The van der Waals surface area contributed by atoms with Crippen LogP contribution in [0.25, 0.3) is 11.6 Å². The lowest BCUT2D eigenvalue weighted by atomic mass is 10.0. The minimum atomic E-state index is -1.02. The molecule has 37 heavy (non-hydrogen) atoms. The number of rotatable bonds is 9. The molecule has 192 valence electrons. The van der Waals surface area contributed by atoms with Crippen molar-refractivity contribution >= 4 is 11.8 Å². The molecule has 1 aliphatic rings. The first-order valence-electron chi connectivity index (χ1n) is 12.2. The maximum Gasteiger partial charge on any atom is 0.247 e. The normalized spacial score (nSPS) is 14.5. The first kappa shape index (κ1) is 24.4. The number of amides is 2. The van der Waals surface area contributed by atoms with Gasteiger partial charge in [-0.3, -0.25) is 9.59 Å². The lowest BCUT2D eigenvalue weighted by molar-refractivity contribution is -0.143. The summed E-state index contributed by atoms with van der Waals surface area (Å²) in [4.78, 5) is 29.9. The molecule has 1 atom stereocenters. The van der Waals surface area contributed by atoms with Gasteiger partial charge in [-0.05, 0) is 66.9 Å². The molecule has 4 aromatic rings. The van der Waals surface area contributed by atoms with Gasteiger partial charge in [0.15, 0.2) is 5.76 Å². The maximum absolute atomic E-state index is 13.7. The number of tetrazole rings is 1. The highest BCUT2D eigenvalue weighted by atomic mass is 19.1. The highest BCUT2D eigenvalue weighted by Crippen LogP contribution is 2.27. The van der Waals surface area contributed by atoms with E-state index in [1.807, 2.05) is 0 Å². The van der Waals surface area contributed by atoms with Crippen LogP contribution in [0.5, 0.6) is 0 Å². The van der Waals surface area contributed by atoms with Gasteiger partial charge in [-0.25, -0.2) is 4.39 Å². The molecule has 10 nitrogen and oxygen atoms in total. The lowest BCUT2D eigenvalue weighted by Crippen LogP contribution is -2.46. The van der Waals surface area contributed by atoms with Gasteiger partial charge in [0.2, 0.25) is 17.6 Å². The number of aromatic nitrogens is 4. The van der Waals surface area contributed by atoms with Crippen LogP contribution in [0, 0.1) is 12.7 Å². The Morgan fingerprint density at radius 2 is 1.95 bits per heavy atom. The first-order valence-corrected chi connectivity index (χ1v) is 12.2. The van der Waals surface area contributed by atoms with Crippen molar-refractivity contribution in [2.24, 2.45) is 0 Å². The van der Waals surface area contributed by atoms with Crippen LogP contribution < -0.4 is 5.32 Å². The summed E-state index contributed by atoms with van der Waals surface area (Å²) in [6, 6.07) is 11.5. The summed E-state index contributed by atoms with van der Waals surface area (Å²) in [6.07, 6.45) is 5.34. The number of nitrogens with zero attached hydrogens (tertiary/aromatic N) is 5. The first-order chi connectivity index (χ1) is 18.0. The quantitative estimate of drug-likeness (QED) is 0.367. The molecule has 0 spiro atoms. The molecule has 0 saturated heterocycles. The summed E-state index contributed by atoms with van der Waals surface area (Å²) in [5.41, 5.74) is 0.482. The molecule has 2 amide bonds. The zero-order valence-electron chi connectivity index (χ0n) is 20.3. The fourth-order valence-corrected chi connectivity index (χ4v) is 4.54. The van der Waals surface area contributed by atoms with Gasteiger partial charge in [0.25, 0.3) is 0 Å². The molecule has 1 N–H and O–H groups in total. The predicted octanol–water partition coefficient (Wildman–Crippen LogP) is 3.80. The van der Waals surface area contributed by atoms with Crippen LogP contribution in [-0.2, 0) is 22.7 Å². The Bertz CT molecular complexity index is 1340. The molecule has 1 fully saturated rings. The molecular weight excluding hydrogens is 479 g/mol. The molecule has 0 radical (unpaired) electrons. The number of furan rings is 2. The van der Waals surface area contributed by atoms with Crippen LogP contribution in [0.15, 0.2) is 63.6 Å². The molecule has 0 bridgehead atoms. The Morgan fingerprint density at radius 3 is 2.62 bits per heavy atom. The number of benzene rings is 1. The second kappa shape index (κ2) is 10.8. The predicted molar refractivity (Wildman–Crippen MR) is 129 cm³/mol. The Kier molecular flexibility index (Phi) is 7.11. The average Bonchev–Trinajstić information content (AvgIpc) is 3.69. The largest absolute Gasteiger partial charge is 0.467 e. The molecule has 5 rings (SSSR count). The Labute approximate surface area is 212 Å². The Morgan fingerprint density at radius 1 is 1.16 bits per heavy atom. The topological polar surface area (TPSA) is 119 Å². The minimum absolute atomic E-state index is 0.0187. The van der Waals surface area contributed by atoms with E-state index >= 15 is 0 Å². The van der Waals surface area contributed by atoms with Gasteiger partial charge in [-0.2, -0.15) is 4.80 Å². The fourth-order valence-electron chi connectivity index (χ4n) is 4.54. The summed E-state index contributed by atoms with van der Waals surface area (Å²) < 4.78 is 24.8. The average molecular weight is 507 g/mol. The van der Waals surface area contributed by atoms with Crippen molar-refractivity contribution in [1.29, 1.82) is 0 Å². The van der Waals surface area contributed by atoms with E-state index in [0.717, 1.165) is 30.5 Å². The van der Waals surface area contributed by atoms with Crippen molar-refractivity contribution in [2.45, 2.75) is 57.8 Å². The van der Waals surface area contributed by atoms with Crippen molar-refractivity contribution in [3.63, 3.8) is 0 Å². The summed E-state index contributed by atoms with van der Waals surface area (Å²) in [7, 11) is 0. The van der Waals surface area contributed by atoms with E-state index in [2.05, 4.69) is 20.7 Å². The van der Waals surface area contributed by atoms with Gasteiger partial charge < -0.3 is 19.1 Å². The number of nitrogens with one attached hydrogen (secondary N) is 1. The molecular formula is C26H27FN6O4. The molecule has 0 aliphatic heterocycles. The van der Waals surface area contributed by atoms with E-state index in [1.165, 1.54) is 35.4 Å². The molecule has 11 heteroatoms. The maximum atomic E-state index is 13.7. The van der Waals surface area contributed by atoms with Gasteiger partial charge in [-0.15, -0.1) is 10.2 Å². The van der Waals surface area contributed by atoms with Crippen LogP contribution in [0.3, 0.4) is 0 Å². The van der Waals surface area contributed by atoms with Gasteiger partial charge >= 0.3 is 0 Å². The van der Waals surface area contributed by atoms with Gasteiger partial charge in [0, 0.05) is 6.04 Å². The second-order valence-electron chi connectivity index (χ2n) is 9.10. The summed E-state index contributed by atoms with van der Waals surface area (Å²) >= 11 is 0. The van der Waals surface area contributed by atoms with E-state index in [1.54, 1.807) is 31.2 Å². The number of halogens is 1. The fraction of sp³-hybridized carbons (Fsp3) is 0.346. The molecule has 3 heterocycles. The van der Waals surface area contributed by atoms with Crippen molar-refractivity contribution < 1.29 is 22.8 Å². The SMILES string of the molecule is Cc1ccc(-c2nnn(CC(=O)N(Cc3ccco3)[C@@H](C(=O)NC3CCCC3)c3ccc(F)cc3)n2)o1. The number of carbonyl (C=O) groups is 2. The van der Waals surface area contributed by atoms with Crippen LogP contribution in [-0.4, -0.2) is 43.0 Å². The lowest BCUT2D eigenvalue weighted by Gasteiger charge is -2.31. The van der Waals surface area contributed by atoms with Crippen LogP contribution in [0.1, 0.15) is 48.8 Å². The third-order valence-electron chi connectivity index (χ3n) is 6.36. The van der Waals surface area contributed by atoms with Crippen LogP contribution in [0.4, 0.5) is 4.39 Å². The molecule has 3 aromatic heterocycles. The Balaban J connectivity index is 1.44. The third kappa shape index (κ3) is 5.76. The number of hydrogen-bond acceptors (Lipinski definition) is 7. The van der Waals surface area contributed by atoms with E-state index in [-0.39, 0.29) is 30.9 Å². The Hall–Kier alpha value is -4.28. The second-order valence-corrected chi connectivity index (χ2v) is 9.10. The summed E-state index contributed by atoms with van der Waals surface area (Å²) in [6.45, 7) is 1.54. The highest BCUT2D eigenvalue weighted by molar-refractivity contribution is 5.88. The minimum Gasteiger partial charge on any atom is -0.467 e. The molecule has 1 aromatic carbocycles. The number of hydrogen-bond donors (Lipinski definition) is 1. The molecule has 0 unspecified atom stereocenters. The molecule has 1 aliphatic carbocycles. The van der Waals surface area contributed by atoms with E-state index in [0.29, 0.717) is 22.8 Å². The van der Waals surface area contributed by atoms with Crippen LogP contribution in [0.2, 0.25) is 0 Å². The van der Waals surface area contributed by atoms with Gasteiger partial charge in [0.05, 0.1) is 12.8 Å². The summed E-state index contributed by atoms with van der Waals surface area (Å²) in [5.74, 6) is 0.657. The third-order valence-corrected chi connectivity index (χ3v) is 6.36. The van der Waals surface area contributed by atoms with Gasteiger partial charge in [-0.1, -0.05) is 25.0 Å². The van der Waals surface area contributed by atoms with Crippen molar-refractivity contribution in [3.8, 4) is 11.6 Å². The van der Waals surface area contributed by atoms with Crippen LogP contribution >= 0.6 is 0 Å². The van der Waals surface area contributed by atoms with E-state index in [4.69, 9.17) is 8.83 Å². The smallest absolute Gasteiger partial charge is 0.247 e.